The molecule has 0 saturated carbocycles. The molecular formula is C15H16N2O5S. The number of carbonyl (C=O) groups excluding carboxylic acids is 1. The molecule has 23 heavy (non-hydrogen) atoms. The van der Waals surface area contributed by atoms with Gasteiger partial charge in [0, 0.05) is 11.3 Å². The molecule has 8 heteroatoms. The average molecular weight is 336 g/mol. The Morgan fingerprint density at radius 2 is 1.78 bits per heavy atom. The lowest BCUT2D eigenvalue weighted by molar-refractivity contribution is 0.0706. The molecule has 2 rings (SSSR count). The van der Waals surface area contributed by atoms with Gasteiger partial charge < -0.3 is 4.74 Å². The standard InChI is InChI=1S/C15H16N2O5S/c1-10-3-6-12(7-4-10)17-23(20,21)14-9-11(15(18)16-19)5-8-13(14)22-2/h3-9,17,19H,1-2H3,(H,16,18). The number of aryl methyl sites for hydroxylation is 1. The normalized spacial score (nSPS) is 10.9. The monoisotopic (exact) mass is 336 g/mol. The molecule has 0 aliphatic rings. The zero-order valence-electron chi connectivity index (χ0n) is 12.5. The summed E-state index contributed by atoms with van der Waals surface area (Å²) in [5, 5.41) is 8.67. The van der Waals surface area contributed by atoms with E-state index in [-0.39, 0.29) is 16.2 Å². The predicted octanol–water partition coefficient (Wildman–Crippen LogP) is 1.92. The summed E-state index contributed by atoms with van der Waals surface area (Å²) < 4.78 is 32.6. The molecule has 122 valence electrons. The van der Waals surface area contributed by atoms with Crippen LogP contribution < -0.4 is 14.9 Å². The average Bonchev–Trinajstić information content (AvgIpc) is 2.55. The quantitative estimate of drug-likeness (QED) is 0.571. The molecule has 0 atom stereocenters. The number of sulfonamides is 1. The van der Waals surface area contributed by atoms with Crippen molar-refractivity contribution in [3.8, 4) is 5.75 Å². The summed E-state index contributed by atoms with van der Waals surface area (Å²) in [6, 6.07) is 10.6. The van der Waals surface area contributed by atoms with Crippen molar-refractivity contribution in [2.24, 2.45) is 0 Å². The highest BCUT2D eigenvalue weighted by Gasteiger charge is 2.21. The van der Waals surface area contributed by atoms with Crippen molar-refractivity contribution < 1.29 is 23.2 Å². The Morgan fingerprint density at radius 3 is 2.35 bits per heavy atom. The van der Waals surface area contributed by atoms with E-state index in [9.17, 15) is 13.2 Å². The van der Waals surface area contributed by atoms with E-state index < -0.39 is 15.9 Å². The molecule has 0 fully saturated rings. The maximum Gasteiger partial charge on any atom is 0.274 e. The fourth-order valence-corrected chi connectivity index (χ4v) is 3.18. The van der Waals surface area contributed by atoms with Crippen molar-refractivity contribution in [1.29, 1.82) is 0 Å². The topological polar surface area (TPSA) is 105 Å². The van der Waals surface area contributed by atoms with Gasteiger partial charge in [0.05, 0.1) is 7.11 Å². The number of rotatable bonds is 5. The predicted molar refractivity (Wildman–Crippen MR) is 84.2 cm³/mol. The van der Waals surface area contributed by atoms with E-state index in [0.29, 0.717) is 5.69 Å². The first-order chi connectivity index (χ1) is 10.9. The first kappa shape index (κ1) is 16.8. The highest BCUT2D eigenvalue weighted by molar-refractivity contribution is 7.92. The molecule has 2 aromatic carbocycles. The Kier molecular flexibility index (Phi) is 4.87. The van der Waals surface area contributed by atoms with Crippen LogP contribution in [0.4, 0.5) is 5.69 Å². The zero-order valence-corrected chi connectivity index (χ0v) is 13.3. The number of hydrogen-bond donors (Lipinski definition) is 3. The SMILES string of the molecule is COc1ccc(C(=O)NO)cc1S(=O)(=O)Nc1ccc(C)cc1. The van der Waals surface area contributed by atoms with E-state index in [2.05, 4.69) is 4.72 Å². The number of ether oxygens (including phenoxy) is 1. The minimum absolute atomic E-state index is 0.0161. The number of amides is 1. The van der Waals surface area contributed by atoms with E-state index in [4.69, 9.17) is 9.94 Å². The second-order valence-corrected chi connectivity index (χ2v) is 6.43. The fraction of sp³-hybridized carbons (Fsp3) is 0.133. The number of methoxy groups -OCH3 is 1. The lowest BCUT2D eigenvalue weighted by Crippen LogP contribution is -2.20. The number of benzene rings is 2. The molecule has 0 aromatic heterocycles. The van der Waals surface area contributed by atoms with E-state index in [1.165, 1.54) is 24.7 Å². The van der Waals surface area contributed by atoms with Gasteiger partial charge in [0.2, 0.25) is 0 Å². The van der Waals surface area contributed by atoms with Crippen molar-refractivity contribution in [3.05, 3.63) is 53.6 Å². The molecule has 0 aliphatic carbocycles. The maximum atomic E-state index is 12.5. The Hall–Kier alpha value is -2.58. The van der Waals surface area contributed by atoms with E-state index in [0.717, 1.165) is 11.6 Å². The molecule has 0 bridgehead atoms. The minimum atomic E-state index is -3.97. The van der Waals surface area contributed by atoms with E-state index in [1.807, 2.05) is 6.92 Å². The second kappa shape index (κ2) is 6.67. The van der Waals surface area contributed by atoms with Crippen LogP contribution in [-0.4, -0.2) is 26.6 Å². The Morgan fingerprint density at radius 1 is 1.13 bits per heavy atom. The highest BCUT2D eigenvalue weighted by atomic mass is 32.2. The van der Waals surface area contributed by atoms with Crippen LogP contribution in [0.1, 0.15) is 15.9 Å². The molecule has 0 heterocycles. The third kappa shape index (κ3) is 3.79. The number of anilines is 1. The summed E-state index contributed by atoms with van der Waals surface area (Å²) in [6.07, 6.45) is 0. The summed E-state index contributed by atoms with van der Waals surface area (Å²) >= 11 is 0. The minimum Gasteiger partial charge on any atom is -0.495 e. The van der Waals surface area contributed by atoms with Gasteiger partial charge in [-0.25, -0.2) is 13.9 Å². The van der Waals surface area contributed by atoms with E-state index in [1.54, 1.807) is 24.3 Å². The number of hydroxylamine groups is 1. The Labute approximate surface area is 133 Å². The molecule has 0 saturated heterocycles. The fourth-order valence-electron chi connectivity index (χ4n) is 1.92. The third-order valence-electron chi connectivity index (χ3n) is 3.12. The summed E-state index contributed by atoms with van der Waals surface area (Å²) in [5.41, 5.74) is 2.82. The highest BCUT2D eigenvalue weighted by Crippen LogP contribution is 2.27. The molecule has 3 N–H and O–H groups in total. The maximum absolute atomic E-state index is 12.5. The molecular weight excluding hydrogens is 320 g/mol. The van der Waals surface area contributed by atoms with Crippen LogP contribution in [0.5, 0.6) is 5.75 Å². The van der Waals surface area contributed by atoms with Crippen LogP contribution in [0, 0.1) is 6.92 Å². The van der Waals surface area contributed by atoms with Gasteiger partial charge in [0.15, 0.2) is 0 Å². The number of hydrogen-bond acceptors (Lipinski definition) is 5. The van der Waals surface area contributed by atoms with Crippen molar-refractivity contribution in [2.45, 2.75) is 11.8 Å². The lowest BCUT2D eigenvalue weighted by atomic mass is 10.2. The van der Waals surface area contributed by atoms with Gasteiger partial charge in [-0.2, -0.15) is 0 Å². The van der Waals surface area contributed by atoms with Crippen molar-refractivity contribution >= 4 is 21.6 Å². The van der Waals surface area contributed by atoms with Crippen LogP contribution in [0.25, 0.3) is 0 Å². The molecule has 0 radical (unpaired) electrons. The van der Waals surface area contributed by atoms with Gasteiger partial charge >= 0.3 is 0 Å². The van der Waals surface area contributed by atoms with Gasteiger partial charge in [-0.05, 0) is 37.3 Å². The summed E-state index contributed by atoms with van der Waals surface area (Å²) in [7, 11) is -2.64. The third-order valence-corrected chi connectivity index (χ3v) is 4.52. The summed E-state index contributed by atoms with van der Waals surface area (Å²) in [5.74, 6) is -0.737. The number of carbonyl (C=O) groups is 1. The van der Waals surface area contributed by atoms with Crippen LogP contribution in [0.15, 0.2) is 47.4 Å². The number of nitrogens with one attached hydrogen (secondary N) is 2. The molecule has 0 aliphatic heterocycles. The molecule has 2 aromatic rings. The largest absolute Gasteiger partial charge is 0.495 e. The van der Waals surface area contributed by atoms with Gasteiger partial charge in [-0.3, -0.25) is 14.7 Å². The van der Waals surface area contributed by atoms with Gasteiger partial charge in [-0.15, -0.1) is 0 Å². The van der Waals surface area contributed by atoms with Crippen LogP contribution in [0.3, 0.4) is 0 Å². The van der Waals surface area contributed by atoms with Crippen LogP contribution >= 0.6 is 0 Å². The molecule has 1 amide bonds. The van der Waals surface area contributed by atoms with Crippen LogP contribution in [0.2, 0.25) is 0 Å². The van der Waals surface area contributed by atoms with E-state index >= 15 is 0 Å². The van der Waals surface area contributed by atoms with Crippen molar-refractivity contribution in [3.63, 3.8) is 0 Å². The second-order valence-electron chi connectivity index (χ2n) is 4.78. The smallest absolute Gasteiger partial charge is 0.274 e. The molecule has 0 unspecified atom stereocenters. The summed E-state index contributed by atoms with van der Waals surface area (Å²) in [6.45, 7) is 1.89. The van der Waals surface area contributed by atoms with Crippen molar-refractivity contribution in [1.82, 2.24) is 5.48 Å². The van der Waals surface area contributed by atoms with Crippen LogP contribution in [-0.2, 0) is 10.0 Å². The van der Waals surface area contributed by atoms with Crippen molar-refractivity contribution in [2.75, 3.05) is 11.8 Å². The lowest BCUT2D eigenvalue weighted by Gasteiger charge is -2.13. The summed E-state index contributed by atoms with van der Waals surface area (Å²) in [4.78, 5) is 11.3. The van der Waals surface area contributed by atoms with Gasteiger partial charge in [0.25, 0.3) is 15.9 Å². The van der Waals surface area contributed by atoms with Gasteiger partial charge in [-0.1, -0.05) is 17.7 Å². The Balaban J connectivity index is 2.44. The first-order valence-electron chi connectivity index (χ1n) is 6.59. The first-order valence-corrected chi connectivity index (χ1v) is 8.07. The van der Waals surface area contributed by atoms with Gasteiger partial charge in [0.1, 0.15) is 10.6 Å². The molecule has 7 nitrogen and oxygen atoms in total. The zero-order chi connectivity index (χ0) is 17.0. The Bertz CT molecular complexity index is 816. The molecule has 0 spiro atoms.